The third-order valence-corrected chi connectivity index (χ3v) is 4.52. The van der Waals surface area contributed by atoms with Crippen molar-refractivity contribution < 1.29 is 4.79 Å². The second-order valence-electron chi connectivity index (χ2n) is 5.46. The Morgan fingerprint density at radius 1 is 1.20 bits per heavy atom. The average molecular weight is 350 g/mol. The highest BCUT2D eigenvalue weighted by Gasteiger charge is 2.10. The lowest BCUT2D eigenvalue weighted by molar-refractivity contribution is -0.116. The monoisotopic (exact) mass is 350 g/mol. The number of benzene rings is 2. The van der Waals surface area contributed by atoms with Gasteiger partial charge in [-0.05, 0) is 24.3 Å². The first kappa shape index (κ1) is 15.3. The van der Waals surface area contributed by atoms with Gasteiger partial charge in [0.05, 0.1) is 16.4 Å². The summed E-state index contributed by atoms with van der Waals surface area (Å²) >= 11 is 1.44. The molecule has 0 saturated carbocycles. The summed E-state index contributed by atoms with van der Waals surface area (Å²) in [6.45, 7) is 0.0608. The SMILES string of the molecule is Nc1cccc(-c2cn(CC(=O)Nc3nc4ccccc4s3)nn2)c1. The van der Waals surface area contributed by atoms with E-state index < -0.39 is 0 Å². The van der Waals surface area contributed by atoms with Gasteiger partial charge in [-0.3, -0.25) is 4.79 Å². The van der Waals surface area contributed by atoms with Gasteiger partial charge in [-0.1, -0.05) is 40.8 Å². The molecule has 0 atom stereocenters. The van der Waals surface area contributed by atoms with Gasteiger partial charge in [0.15, 0.2) is 5.13 Å². The molecule has 0 fully saturated rings. The van der Waals surface area contributed by atoms with Crippen molar-refractivity contribution in [1.29, 1.82) is 0 Å². The lowest BCUT2D eigenvalue weighted by atomic mass is 10.1. The molecule has 3 N–H and O–H groups in total. The van der Waals surface area contributed by atoms with E-state index >= 15 is 0 Å². The molecule has 0 aliphatic carbocycles. The van der Waals surface area contributed by atoms with E-state index in [1.807, 2.05) is 42.5 Å². The summed E-state index contributed by atoms with van der Waals surface area (Å²) in [5.41, 5.74) is 8.82. The van der Waals surface area contributed by atoms with Crippen molar-refractivity contribution in [3.05, 3.63) is 54.7 Å². The zero-order valence-electron chi connectivity index (χ0n) is 13.1. The van der Waals surface area contributed by atoms with Crippen LogP contribution in [0.4, 0.5) is 10.8 Å². The minimum atomic E-state index is -0.205. The van der Waals surface area contributed by atoms with Gasteiger partial charge < -0.3 is 11.1 Å². The number of nitrogens with zero attached hydrogens (tertiary/aromatic N) is 4. The van der Waals surface area contributed by atoms with Crippen molar-refractivity contribution in [3.8, 4) is 11.3 Å². The Morgan fingerprint density at radius 2 is 2.08 bits per heavy atom. The molecule has 4 rings (SSSR count). The number of nitrogens with one attached hydrogen (secondary N) is 1. The summed E-state index contributed by atoms with van der Waals surface area (Å²) in [6, 6.07) is 15.1. The van der Waals surface area contributed by atoms with Crippen LogP contribution in [0.15, 0.2) is 54.7 Å². The average Bonchev–Trinajstić information content (AvgIpc) is 3.21. The molecule has 25 heavy (non-hydrogen) atoms. The summed E-state index contributed by atoms with van der Waals surface area (Å²) < 4.78 is 2.52. The molecule has 2 aromatic heterocycles. The highest BCUT2D eigenvalue weighted by Crippen LogP contribution is 2.25. The number of hydrogen-bond donors (Lipinski definition) is 2. The van der Waals surface area contributed by atoms with Crippen molar-refractivity contribution in [1.82, 2.24) is 20.0 Å². The fraction of sp³-hybridized carbons (Fsp3) is 0.0588. The molecule has 0 bridgehead atoms. The molecule has 8 heteroatoms. The highest BCUT2D eigenvalue weighted by molar-refractivity contribution is 7.22. The van der Waals surface area contributed by atoms with Crippen molar-refractivity contribution in [2.24, 2.45) is 0 Å². The van der Waals surface area contributed by atoms with Gasteiger partial charge in [0, 0.05) is 11.3 Å². The number of rotatable bonds is 4. The fourth-order valence-electron chi connectivity index (χ4n) is 2.44. The Kier molecular flexibility index (Phi) is 3.87. The Bertz CT molecular complexity index is 1020. The summed E-state index contributed by atoms with van der Waals surface area (Å²) in [5, 5.41) is 11.5. The van der Waals surface area contributed by atoms with E-state index in [1.165, 1.54) is 16.0 Å². The van der Waals surface area contributed by atoms with E-state index in [4.69, 9.17) is 5.73 Å². The van der Waals surface area contributed by atoms with E-state index in [0.29, 0.717) is 16.5 Å². The van der Waals surface area contributed by atoms with Gasteiger partial charge in [0.25, 0.3) is 0 Å². The number of fused-ring (bicyclic) bond motifs is 1. The Balaban J connectivity index is 1.46. The van der Waals surface area contributed by atoms with Crippen molar-refractivity contribution in [2.75, 3.05) is 11.1 Å². The van der Waals surface area contributed by atoms with Gasteiger partial charge >= 0.3 is 0 Å². The predicted octanol–water partition coefficient (Wildman–Crippen LogP) is 2.78. The number of carbonyl (C=O) groups is 1. The molecule has 0 aliphatic heterocycles. The largest absolute Gasteiger partial charge is 0.399 e. The van der Waals surface area contributed by atoms with E-state index in [2.05, 4.69) is 20.6 Å². The van der Waals surface area contributed by atoms with Crippen LogP contribution in [0.5, 0.6) is 0 Å². The lowest BCUT2D eigenvalue weighted by Gasteiger charge is -2.00. The number of nitrogens with two attached hydrogens (primary N) is 1. The number of thiazole rings is 1. The molecule has 7 nitrogen and oxygen atoms in total. The van der Waals surface area contributed by atoms with Crippen LogP contribution in [0.2, 0.25) is 0 Å². The minimum Gasteiger partial charge on any atom is -0.399 e. The zero-order valence-corrected chi connectivity index (χ0v) is 13.9. The zero-order chi connectivity index (χ0) is 17.2. The number of anilines is 2. The summed E-state index contributed by atoms with van der Waals surface area (Å²) in [4.78, 5) is 16.6. The van der Waals surface area contributed by atoms with Crippen molar-refractivity contribution in [3.63, 3.8) is 0 Å². The van der Waals surface area contributed by atoms with E-state index in [-0.39, 0.29) is 12.5 Å². The molecule has 0 aliphatic rings. The first-order chi connectivity index (χ1) is 12.2. The van der Waals surface area contributed by atoms with Crippen LogP contribution in [0.25, 0.3) is 21.5 Å². The third kappa shape index (κ3) is 3.33. The number of carbonyl (C=O) groups excluding carboxylic acids is 1. The minimum absolute atomic E-state index is 0.0608. The van der Waals surface area contributed by atoms with Gasteiger partial charge in [0.1, 0.15) is 12.2 Å². The topological polar surface area (TPSA) is 98.7 Å². The quantitative estimate of drug-likeness (QED) is 0.551. The maximum absolute atomic E-state index is 12.2. The summed E-state index contributed by atoms with van der Waals surface area (Å²) in [7, 11) is 0. The van der Waals surface area contributed by atoms with E-state index in [9.17, 15) is 4.79 Å². The summed E-state index contributed by atoms with van der Waals surface area (Å²) in [5.74, 6) is -0.205. The van der Waals surface area contributed by atoms with Crippen LogP contribution in [-0.2, 0) is 11.3 Å². The number of para-hydroxylation sites is 1. The Hall–Kier alpha value is -3.26. The number of amides is 1. The maximum Gasteiger partial charge on any atom is 0.247 e. The van der Waals surface area contributed by atoms with Crippen molar-refractivity contribution >= 4 is 38.3 Å². The number of nitrogen functional groups attached to an aromatic ring is 1. The van der Waals surface area contributed by atoms with Crippen LogP contribution in [0.3, 0.4) is 0 Å². The normalized spacial score (nSPS) is 10.9. The molecule has 124 valence electrons. The third-order valence-electron chi connectivity index (χ3n) is 3.57. The first-order valence-corrected chi connectivity index (χ1v) is 8.40. The molecular weight excluding hydrogens is 336 g/mol. The van der Waals surface area contributed by atoms with E-state index in [0.717, 1.165) is 15.8 Å². The molecular formula is C17H14N6OS. The molecule has 0 unspecified atom stereocenters. The standard InChI is InChI=1S/C17H14N6OS/c18-12-5-3-4-11(8-12)14-9-23(22-21-14)10-16(24)20-17-19-13-6-1-2-7-15(13)25-17/h1-9H,10,18H2,(H,19,20,24). The van der Waals surface area contributed by atoms with Crippen LogP contribution in [0, 0.1) is 0 Å². The lowest BCUT2D eigenvalue weighted by Crippen LogP contribution is -2.19. The predicted molar refractivity (Wildman–Crippen MR) is 98.1 cm³/mol. The Morgan fingerprint density at radius 3 is 2.92 bits per heavy atom. The number of aromatic nitrogens is 4. The molecule has 2 heterocycles. The van der Waals surface area contributed by atoms with Crippen LogP contribution >= 0.6 is 11.3 Å². The highest BCUT2D eigenvalue weighted by atomic mass is 32.1. The molecule has 2 aromatic carbocycles. The molecule has 0 radical (unpaired) electrons. The second-order valence-corrected chi connectivity index (χ2v) is 6.49. The van der Waals surface area contributed by atoms with Gasteiger partial charge in [-0.15, -0.1) is 5.10 Å². The maximum atomic E-state index is 12.2. The second kappa shape index (κ2) is 6.33. The van der Waals surface area contributed by atoms with Gasteiger partial charge in [-0.25, -0.2) is 9.67 Å². The van der Waals surface area contributed by atoms with Crippen LogP contribution in [0.1, 0.15) is 0 Å². The fourth-order valence-corrected chi connectivity index (χ4v) is 3.32. The molecule has 4 aromatic rings. The molecule has 1 amide bonds. The van der Waals surface area contributed by atoms with E-state index in [1.54, 1.807) is 12.3 Å². The van der Waals surface area contributed by atoms with Gasteiger partial charge in [0.2, 0.25) is 5.91 Å². The summed E-state index contributed by atoms with van der Waals surface area (Å²) in [6.07, 6.45) is 1.71. The first-order valence-electron chi connectivity index (χ1n) is 7.59. The van der Waals surface area contributed by atoms with Crippen molar-refractivity contribution in [2.45, 2.75) is 6.54 Å². The Labute approximate surface area is 147 Å². The smallest absolute Gasteiger partial charge is 0.247 e. The van der Waals surface area contributed by atoms with Crippen LogP contribution in [-0.4, -0.2) is 25.9 Å². The molecule has 0 saturated heterocycles. The number of hydrogen-bond acceptors (Lipinski definition) is 6. The molecule has 0 spiro atoms. The van der Waals surface area contributed by atoms with Gasteiger partial charge in [-0.2, -0.15) is 0 Å². The van der Waals surface area contributed by atoms with Crippen LogP contribution < -0.4 is 11.1 Å².